The predicted octanol–water partition coefficient (Wildman–Crippen LogP) is 3.90. The van der Waals surface area contributed by atoms with Crippen LogP contribution in [-0.2, 0) is 0 Å². The van der Waals surface area contributed by atoms with Gasteiger partial charge in [0.25, 0.3) is 0 Å². The zero-order valence-electron chi connectivity index (χ0n) is 13.5. The van der Waals surface area contributed by atoms with Crippen molar-refractivity contribution in [2.24, 2.45) is 5.92 Å². The van der Waals surface area contributed by atoms with E-state index in [2.05, 4.69) is 15.2 Å². The molecule has 0 bridgehead atoms. The molecule has 0 spiro atoms. The first-order valence-corrected chi connectivity index (χ1v) is 8.71. The van der Waals surface area contributed by atoms with Gasteiger partial charge in [0.1, 0.15) is 0 Å². The minimum absolute atomic E-state index is 0.0285. The maximum absolute atomic E-state index is 12.8. The molecule has 2 amide bonds. The summed E-state index contributed by atoms with van der Waals surface area (Å²) >= 11 is 0. The summed E-state index contributed by atoms with van der Waals surface area (Å²) in [5, 5.41) is 3.19. The van der Waals surface area contributed by atoms with Gasteiger partial charge in [-0.1, -0.05) is 19.3 Å². The molecule has 0 aliphatic heterocycles. The normalized spacial score (nSPS) is 20.4. The van der Waals surface area contributed by atoms with E-state index < -0.39 is 0 Å². The average Bonchev–Trinajstić information content (AvgIpc) is 3.38. The topological polar surface area (TPSA) is 45.2 Å². The number of carbonyl (C=O) groups is 1. The third kappa shape index (κ3) is 3.99. The highest BCUT2D eigenvalue weighted by Crippen LogP contribution is 2.32. The van der Waals surface area contributed by atoms with Crippen LogP contribution in [0.4, 0.5) is 4.79 Å². The summed E-state index contributed by atoms with van der Waals surface area (Å²) < 4.78 is 0. The third-order valence-electron chi connectivity index (χ3n) is 4.97. The number of nitrogens with zero attached hydrogens (tertiary/aromatic N) is 2. The Labute approximate surface area is 133 Å². The van der Waals surface area contributed by atoms with E-state index in [1.807, 2.05) is 19.1 Å². The molecule has 3 rings (SSSR count). The second-order valence-electron chi connectivity index (χ2n) is 6.84. The van der Waals surface area contributed by atoms with Crippen molar-refractivity contribution >= 4 is 6.03 Å². The van der Waals surface area contributed by atoms with Gasteiger partial charge in [0.15, 0.2) is 0 Å². The quantitative estimate of drug-likeness (QED) is 0.896. The van der Waals surface area contributed by atoms with Crippen molar-refractivity contribution in [3.8, 4) is 0 Å². The summed E-state index contributed by atoms with van der Waals surface area (Å²) in [6.07, 6.45) is 12.3. The van der Waals surface area contributed by atoms with Gasteiger partial charge in [0, 0.05) is 25.0 Å². The Morgan fingerprint density at radius 2 is 1.91 bits per heavy atom. The van der Waals surface area contributed by atoms with Crippen LogP contribution < -0.4 is 5.32 Å². The van der Waals surface area contributed by atoms with E-state index in [4.69, 9.17) is 0 Å². The fourth-order valence-electron chi connectivity index (χ4n) is 3.37. The highest BCUT2D eigenvalue weighted by Gasteiger charge is 2.32. The van der Waals surface area contributed by atoms with Crippen molar-refractivity contribution in [1.29, 1.82) is 0 Å². The summed E-state index contributed by atoms with van der Waals surface area (Å²) in [6.45, 7) is 2.99. The van der Waals surface area contributed by atoms with E-state index in [1.54, 1.807) is 12.4 Å². The number of rotatable bonds is 5. The first kappa shape index (κ1) is 15.3. The number of urea groups is 1. The maximum atomic E-state index is 12.8. The molecule has 4 heteroatoms. The number of pyridine rings is 1. The molecule has 4 nitrogen and oxygen atoms in total. The van der Waals surface area contributed by atoms with Crippen molar-refractivity contribution in [3.05, 3.63) is 30.1 Å². The number of nitrogens with one attached hydrogen (secondary N) is 1. The van der Waals surface area contributed by atoms with Gasteiger partial charge in [-0.15, -0.1) is 0 Å². The molecule has 22 heavy (non-hydrogen) atoms. The lowest BCUT2D eigenvalue weighted by atomic mass is 9.94. The predicted molar refractivity (Wildman–Crippen MR) is 87.5 cm³/mol. The lowest BCUT2D eigenvalue weighted by Gasteiger charge is -2.35. The highest BCUT2D eigenvalue weighted by molar-refractivity contribution is 5.75. The van der Waals surface area contributed by atoms with Crippen LogP contribution in [0, 0.1) is 5.92 Å². The van der Waals surface area contributed by atoms with Crippen molar-refractivity contribution in [3.63, 3.8) is 0 Å². The van der Waals surface area contributed by atoms with E-state index in [9.17, 15) is 4.79 Å². The monoisotopic (exact) mass is 301 g/mol. The van der Waals surface area contributed by atoms with Crippen LogP contribution in [-0.4, -0.2) is 28.5 Å². The molecule has 2 fully saturated rings. The molecule has 2 aliphatic carbocycles. The van der Waals surface area contributed by atoms with Crippen LogP contribution in [0.5, 0.6) is 0 Å². The number of carbonyl (C=O) groups excluding carboxylic acids is 1. The minimum Gasteiger partial charge on any atom is -0.331 e. The Morgan fingerprint density at radius 3 is 2.55 bits per heavy atom. The van der Waals surface area contributed by atoms with E-state index in [1.165, 1.54) is 44.9 Å². The van der Waals surface area contributed by atoms with Gasteiger partial charge in [0.05, 0.1) is 6.04 Å². The summed E-state index contributed by atoms with van der Waals surface area (Å²) in [7, 11) is 0. The molecule has 1 N–H and O–H groups in total. The molecule has 120 valence electrons. The van der Waals surface area contributed by atoms with Gasteiger partial charge in [-0.2, -0.15) is 0 Å². The molecule has 2 saturated carbocycles. The molecule has 0 unspecified atom stereocenters. The van der Waals surface area contributed by atoms with Gasteiger partial charge < -0.3 is 10.2 Å². The van der Waals surface area contributed by atoms with Gasteiger partial charge in [-0.25, -0.2) is 4.79 Å². The Hall–Kier alpha value is -1.58. The number of hydrogen-bond donors (Lipinski definition) is 1. The zero-order chi connectivity index (χ0) is 15.4. The van der Waals surface area contributed by atoms with Crippen LogP contribution in [0.15, 0.2) is 24.5 Å². The Balaban J connectivity index is 1.63. The Bertz CT molecular complexity index is 480. The summed E-state index contributed by atoms with van der Waals surface area (Å²) in [5.41, 5.74) is 1.11. The van der Waals surface area contributed by atoms with Crippen molar-refractivity contribution in [2.45, 2.75) is 64.0 Å². The molecule has 2 aliphatic rings. The number of amides is 2. The molecule has 1 aromatic rings. The summed E-state index contributed by atoms with van der Waals surface area (Å²) in [5.74, 6) is 0.740. The standard InChI is InChI=1S/C18H27N3O/c1-14(16-9-11-19-12-10-16)20-18(22)21(13-15-7-8-15)17-5-3-2-4-6-17/h9-12,14-15,17H,2-8,13H2,1H3,(H,20,22)/t14-/m0/s1. The van der Waals surface area contributed by atoms with Crippen LogP contribution in [0.25, 0.3) is 0 Å². The van der Waals surface area contributed by atoms with Gasteiger partial charge in [0.2, 0.25) is 0 Å². The second-order valence-corrected chi connectivity index (χ2v) is 6.84. The van der Waals surface area contributed by atoms with Gasteiger partial charge in [-0.3, -0.25) is 4.98 Å². The molecule has 0 saturated heterocycles. The van der Waals surface area contributed by atoms with Gasteiger partial charge >= 0.3 is 6.03 Å². The molecular formula is C18H27N3O. The fourth-order valence-corrected chi connectivity index (χ4v) is 3.37. The SMILES string of the molecule is C[C@H](NC(=O)N(CC1CC1)C1CCCCC1)c1ccncc1. The van der Waals surface area contributed by atoms with Crippen molar-refractivity contribution in [1.82, 2.24) is 15.2 Å². The third-order valence-corrected chi connectivity index (χ3v) is 4.97. The molecule has 1 aromatic heterocycles. The summed E-state index contributed by atoms with van der Waals surface area (Å²) in [6, 6.07) is 4.52. The summed E-state index contributed by atoms with van der Waals surface area (Å²) in [4.78, 5) is 19.0. The van der Waals surface area contributed by atoms with Crippen molar-refractivity contribution < 1.29 is 4.79 Å². The number of hydrogen-bond acceptors (Lipinski definition) is 2. The van der Waals surface area contributed by atoms with E-state index in [-0.39, 0.29) is 12.1 Å². The van der Waals surface area contributed by atoms with Crippen LogP contribution in [0.1, 0.15) is 63.5 Å². The molecule has 0 radical (unpaired) electrons. The number of aromatic nitrogens is 1. The Morgan fingerprint density at radius 1 is 1.23 bits per heavy atom. The zero-order valence-corrected chi connectivity index (χ0v) is 13.5. The first-order valence-electron chi connectivity index (χ1n) is 8.71. The Kier molecular flexibility index (Phi) is 4.96. The minimum atomic E-state index is 0.0285. The van der Waals surface area contributed by atoms with E-state index >= 15 is 0 Å². The lowest BCUT2D eigenvalue weighted by molar-refractivity contribution is 0.149. The van der Waals surface area contributed by atoms with Crippen LogP contribution >= 0.6 is 0 Å². The van der Waals surface area contributed by atoms with Crippen LogP contribution in [0.3, 0.4) is 0 Å². The molecule has 1 heterocycles. The molecular weight excluding hydrogens is 274 g/mol. The second kappa shape index (κ2) is 7.12. The van der Waals surface area contributed by atoms with E-state index in [0.717, 1.165) is 18.0 Å². The molecule has 1 atom stereocenters. The fraction of sp³-hybridized carbons (Fsp3) is 0.667. The lowest BCUT2D eigenvalue weighted by Crippen LogP contribution is -2.48. The van der Waals surface area contributed by atoms with Crippen LogP contribution in [0.2, 0.25) is 0 Å². The smallest absolute Gasteiger partial charge is 0.318 e. The highest BCUT2D eigenvalue weighted by atomic mass is 16.2. The largest absolute Gasteiger partial charge is 0.331 e. The first-order chi connectivity index (χ1) is 10.7. The molecule has 0 aromatic carbocycles. The average molecular weight is 301 g/mol. The van der Waals surface area contributed by atoms with E-state index in [0.29, 0.717) is 6.04 Å². The van der Waals surface area contributed by atoms with Crippen molar-refractivity contribution in [2.75, 3.05) is 6.54 Å². The maximum Gasteiger partial charge on any atom is 0.318 e. The van der Waals surface area contributed by atoms with Gasteiger partial charge in [-0.05, 0) is 56.2 Å².